The van der Waals surface area contributed by atoms with Crippen LogP contribution >= 0.6 is 0 Å². The summed E-state index contributed by atoms with van der Waals surface area (Å²) in [4.78, 5) is 13.6. The number of hydrogen-bond donors (Lipinski definition) is 3. The lowest BCUT2D eigenvalue weighted by molar-refractivity contribution is -0.192. The third kappa shape index (κ3) is 4.96. The van der Waals surface area contributed by atoms with Crippen molar-refractivity contribution in [2.75, 3.05) is 14.2 Å². The number of allylic oxidation sites excluding steroid dienone is 1. The van der Waals surface area contributed by atoms with Crippen molar-refractivity contribution in [2.24, 2.45) is 10.7 Å². The molecule has 7 nitrogen and oxygen atoms in total. The number of rotatable bonds is 3. The number of carboxylic acid groups (broad SMARTS) is 1. The number of nitrogens with zero attached hydrogens (tertiary/aromatic N) is 1. The summed E-state index contributed by atoms with van der Waals surface area (Å²) in [6.45, 7) is 0. The summed E-state index contributed by atoms with van der Waals surface area (Å²) in [7, 11) is 3.36. The second kappa shape index (κ2) is 9.21. The first-order valence-corrected chi connectivity index (χ1v) is 9.58. The molecule has 0 saturated carbocycles. The normalized spacial score (nSPS) is 17.0. The van der Waals surface area contributed by atoms with Gasteiger partial charge in [-0.15, -0.1) is 0 Å². The van der Waals surface area contributed by atoms with E-state index < -0.39 is 12.1 Å². The first-order chi connectivity index (χ1) is 15.1. The molecule has 4 rings (SSSR count). The van der Waals surface area contributed by atoms with Gasteiger partial charge in [0, 0.05) is 11.3 Å². The van der Waals surface area contributed by atoms with Crippen molar-refractivity contribution < 1.29 is 32.5 Å². The number of benzene rings is 2. The molecule has 1 heterocycles. The third-order valence-corrected chi connectivity index (χ3v) is 5.07. The highest BCUT2D eigenvalue weighted by Crippen LogP contribution is 2.43. The van der Waals surface area contributed by atoms with Gasteiger partial charge in [0.15, 0.2) is 5.96 Å². The minimum Gasteiger partial charge on any atom is -0.497 e. The molecule has 0 spiro atoms. The Balaban J connectivity index is 0.000000360. The molecule has 2 aromatic rings. The standard InChI is InChI=1S/C20H21N3O2.C2HF3O2/c1-24-14-7-4-13(5-8-14)19-18-16-11-15(25-2)9-3-12(16)6-10-17(18)22-20(21)23-19;3-2(4,5)1(6)7/h3-5,7-9,11,19H,6,10H2,1-2H3,(H3,21,22,23);(H,6,7). The maximum absolute atomic E-state index is 10.6. The van der Waals surface area contributed by atoms with Gasteiger partial charge in [0.05, 0.1) is 14.2 Å². The highest BCUT2D eigenvalue weighted by Gasteiger charge is 2.38. The first kappa shape index (κ1) is 23.0. The maximum Gasteiger partial charge on any atom is 0.490 e. The number of aliphatic carboxylic acids is 1. The summed E-state index contributed by atoms with van der Waals surface area (Å²) in [5.74, 6) is -0.614. The van der Waals surface area contributed by atoms with Crippen LogP contribution in [-0.2, 0) is 11.2 Å². The lowest BCUT2D eigenvalue weighted by atomic mass is 9.82. The Kier molecular flexibility index (Phi) is 6.61. The number of hydrogen-bond acceptors (Lipinski definition) is 6. The summed E-state index contributed by atoms with van der Waals surface area (Å²) >= 11 is 0. The van der Waals surface area contributed by atoms with Gasteiger partial charge < -0.3 is 25.6 Å². The quantitative estimate of drug-likeness (QED) is 0.661. The monoisotopic (exact) mass is 449 g/mol. The molecule has 1 aliphatic carbocycles. The zero-order valence-electron chi connectivity index (χ0n) is 17.4. The van der Waals surface area contributed by atoms with E-state index in [9.17, 15) is 13.2 Å². The van der Waals surface area contributed by atoms with Gasteiger partial charge in [-0.2, -0.15) is 13.2 Å². The van der Waals surface area contributed by atoms with E-state index >= 15 is 0 Å². The van der Waals surface area contributed by atoms with Crippen molar-refractivity contribution >= 4 is 17.5 Å². The van der Waals surface area contributed by atoms with Crippen LogP contribution in [0.1, 0.15) is 29.2 Å². The van der Waals surface area contributed by atoms with E-state index in [1.54, 1.807) is 14.2 Å². The van der Waals surface area contributed by atoms with Crippen LogP contribution in [0.5, 0.6) is 11.5 Å². The lowest BCUT2D eigenvalue weighted by Gasteiger charge is -2.32. The molecule has 0 bridgehead atoms. The number of carboxylic acids is 1. The van der Waals surface area contributed by atoms with Gasteiger partial charge in [0.25, 0.3) is 0 Å². The number of aryl methyl sites for hydroxylation is 1. The number of halogens is 3. The Labute approximate surface area is 182 Å². The summed E-state index contributed by atoms with van der Waals surface area (Å²) in [5.41, 5.74) is 12.0. The predicted octanol–water partition coefficient (Wildman–Crippen LogP) is 3.65. The molecule has 170 valence electrons. The second-order valence-corrected chi connectivity index (χ2v) is 7.03. The van der Waals surface area contributed by atoms with Gasteiger partial charge in [0.2, 0.25) is 0 Å². The molecule has 0 aromatic heterocycles. The fourth-order valence-electron chi connectivity index (χ4n) is 3.57. The fourth-order valence-corrected chi connectivity index (χ4v) is 3.57. The molecule has 2 aliphatic rings. The van der Waals surface area contributed by atoms with Crippen LogP contribution < -0.4 is 20.5 Å². The average molecular weight is 449 g/mol. The van der Waals surface area contributed by atoms with E-state index in [4.69, 9.17) is 30.1 Å². The van der Waals surface area contributed by atoms with E-state index in [1.807, 2.05) is 30.3 Å². The van der Waals surface area contributed by atoms with Crippen LogP contribution in [0.4, 0.5) is 13.2 Å². The number of nitrogens with two attached hydrogens (primary N) is 1. The van der Waals surface area contributed by atoms with Crippen LogP contribution in [0.2, 0.25) is 0 Å². The van der Waals surface area contributed by atoms with E-state index in [2.05, 4.69) is 17.4 Å². The summed E-state index contributed by atoms with van der Waals surface area (Å²) < 4.78 is 42.4. The topological polar surface area (TPSA) is 106 Å². The molecular weight excluding hydrogens is 427 g/mol. The van der Waals surface area contributed by atoms with Crippen molar-refractivity contribution in [1.29, 1.82) is 0 Å². The highest BCUT2D eigenvalue weighted by atomic mass is 19.4. The van der Waals surface area contributed by atoms with Gasteiger partial charge in [-0.1, -0.05) is 18.2 Å². The Morgan fingerprint density at radius 1 is 1.09 bits per heavy atom. The van der Waals surface area contributed by atoms with Gasteiger partial charge in [-0.3, -0.25) is 0 Å². The van der Waals surface area contributed by atoms with Gasteiger partial charge in [-0.25, -0.2) is 9.79 Å². The van der Waals surface area contributed by atoms with Gasteiger partial charge in [-0.05, 0) is 53.8 Å². The molecule has 0 fully saturated rings. The van der Waals surface area contributed by atoms with Crippen molar-refractivity contribution in [3.8, 4) is 11.5 Å². The number of methoxy groups -OCH3 is 2. The maximum atomic E-state index is 10.6. The number of alkyl halides is 3. The second-order valence-electron chi connectivity index (χ2n) is 7.03. The minimum atomic E-state index is -5.08. The highest BCUT2D eigenvalue weighted by molar-refractivity contribution is 5.90. The minimum absolute atomic E-state index is 0.131. The number of nitrogens with one attached hydrogen (secondary N) is 1. The number of aliphatic imine (C=N–C) groups is 1. The van der Waals surface area contributed by atoms with Crippen molar-refractivity contribution in [2.45, 2.75) is 25.1 Å². The van der Waals surface area contributed by atoms with Crippen LogP contribution in [0.3, 0.4) is 0 Å². The number of ether oxygens (including phenoxy) is 2. The molecule has 1 aliphatic heterocycles. The van der Waals surface area contributed by atoms with Crippen molar-refractivity contribution in [1.82, 2.24) is 5.32 Å². The van der Waals surface area contributed by atoms with E-state index in [1.165, 1.54) is 16.7 Å². The molecule has 1 atom stereocenters. The molecular formula is C22H22F3N3O4. The van der Waals surface area contributed by atoms with Crippen molar-refractivity contribution in [3.63, 3.8) is 0 Å². The Bertz CT molecular complexity index is 1060. The van der Waals surface area contributed by atoms with E-state index in [0.717, 1.165) is 35.6 Å². The summed E-state index contributed by atoms with van der Waals surface area (Å²) in [5, 5.41) is 10.4. The fraction of sp³-hybridized carbons (Fsp3) is 0.273. The molecule has 0 radical (unpaired) electrons. The van der Waals surface area contributed by atoms with Crippen molar-refractivity contribution in [3.05, 3.63) is 64.9 Å². The number of fused-ring (bicyclic) bond motifs is 2. The molecule has 4 N–H and O–H groups in total. The van der Waals surface area contributed by atoms with Crippen LogP contribution in [0.15, 0.2) is 53.2 Å². The zero-order valence-corrected chi connectivity index (χ0v) is 17.4. The number of carbonyl (C=O) groups is 1. The molecule has 0 saturated heterocycles. The SMILES string of the molecule is COc1ccc(C2N=C(N)NC3=C2c2cc(OC)ccc2CC3)cc1.O=C(O)C(F)(F)F. The molecule has 32 heavy (non-hydrogen) atoms. The largest absolute Gasteiger partial charge is 0.497 e. The van der Waals surface area contributed by atoms with Crippen LogP contribution in [-0.4, -0.2) is 37.4 Å². The predicted molar refractivity (Wildman–Crippen MR) is 112 cm³/mol. The zero-order chi connectivity index (χ0) is 23.5. The average Bonchev–Trinajstić information content (AvgIpc) is 2.77. The van der Waals surface area contributed by atoms with Gasteiger partial charge >= 0.3 is 12.1 Å². The summed E-state index contributed by atoms with van der Waals surface area (Å²) in [6.07, 6.45) is -3.18. The first-order valence-electron chi connectivity index (χ1n) is 9.58. The van der Waals surface area contributed by atoms with E-state index in [0.29, 0.717) is 5.96 Å². The Morgan fingerprint density at radius 2 is 1.69 bits per heavy atom. The third-order valence-electron chi connectivity index (χ3n) is 5.07. The molecule has 1 unspecified atom stereocenters. The molecule has 10 heteroatoms. The lowest BCUT2D eigenvalue weighted by Crippen LogP contribution is -2.37. The number of guanidine groups is 1. The van der Waals surface area contributed by atoms with Crippen LogP contribution in [0.25, 0.3) is 5.57 Å². The smallest absolute Gasteiger partial charge is 0.490 e. The Morgan fingerprint density at radius 3 is 2.25 bits per heavy atom. The molecule has 2 aromatic carbocycles. The summed E-state index contributed by atoms with van der Waals surface area (Å²) in [6, 6.07) is 14.1. The van der Waals surface area contributed by atoms with E-state index in [-0.39, 0.29) is 6.04 Å². The van der Waals surface area contributed by atoms with Crippen LogP contribution in [0, 0.1) is 0 Å². The Hall–Kier alpha value is -3.69. The molecule has 0 amide bonds. The van der Waals surface area contributed by atoms with Gasteiger partial charge in [0.1, 0.15) is 17.5 Å².